The maximum Gasteiger partial charge on any atom is 0.118 e. The van der Waals surface area contributed by atoms with Crippen molar-refractivity contribution >= 4 is 0 Å². The number of rotatable bonds is 6. The summed E-state index contributed by atoms with van der Waals surface area (Å²) in [6.45, 7) is 1.26. The molecular formula is C16H18O3. The Labute approximate surface area is 113 Å². The summed E-state index contributed by atoms with van der Waals surface area (Å²) in [4.78, 5) is 0. The van der Waals surface area contributed by atoms with Gasteiger partial charge in [-0.1, -0.05) is 24.3 Å². The predicted octanol–water partition coefficient (Wildman–Crippen LogP) is 3.16. The molecule has 0 radical (unpaired) electrons. The first-order valence-corrected chi connectivity index (χ1v) is 6.26. The monoisotopic (exact) mass is 258 g/mol. The molecule has 0 saturated heterocycles. The van der Waals surface area contributed by atoms with Gasteiger partial charge in [-0.15, -0.1) is 0 Å². The fourth-order valence-corrected chi connectivity index (χ4v) is 1.76. The number of methoxy groups -OCH3 is 1. The molecule has 3 heteroatoms. The van der Waals surface area contributed by atoms with Crippen LogP contribution in [0.3, 0.4) is 0 Å². The van der Waals surface area contributed by atoms with Crippen LogP contribution in [0.25, 0.3) is 0 Å². The van der Waals surface area contributed by atoms with Gasteiger partial charge < -0.3 is 14.6 Å². The van der Waals surface area contributed by atoms with Crippen molar-refractivity contribution in [2.75, 3.05) is 13.7 Å². The van der Waals surface area contributed by atoms with E-state index in [4.69, 9.17) is 9.47 Å². The van der Waals surface area contributed by atoms with E-state index in [2.05, 4.69) is 0 Å². The molecule has 0 aliphatic heterocycles. The van der Waals surface area contributed by atoms with Crippen LogP contribution in [0.5, 0.6) is 11.5 Å². The number of ether oxygens (including phenoxy) is 2. The van der Waals surface area contributed by atoms with Crippen molar-refractivity contribution in [3.8, 4) is 11.5 Å². The third-order valence-corrected chi connectivity index (χ3v) is 2.90. The quantitative estimate of drug-likeness (QED) is 0.809. The highest BCUT2D eigenvalue weighted by atomic mass is 16.5. The minimum atomic E-state index is 0.294. The van der Waals surface area contributed by atoms with Crippen molar-refractivity contribution in [1.29, 1.82) is 0 Å². The third kappa shape index (κ3) is 4.30. The average Bonchev–Trinajstić information content (AvgIpc) is 2.46. The zero-order chi connectivity index (χ0) is 13.5. The van der Waals surface area contributed by atoms with E-state index in [9.17, 15) is 5.11 Å². The lowest BCUT2D eigenvalue weighted by Crippen LogP contribution is -1.99. The normalized spacial score (nSPS) is 10.4. The number of hydrogen-bond acceptors (Lipinski definition) is 3. The number of hydrogen-bond donors (Lipinski definition) is 1. The van der Waals surface area contributed by atoms with Gasteiger partial charge in [0.2, 0.25) is 0 Å². The van der Waals surface area contributed by atoms with Crippen molar-refractivity contribution in [2.45, 2.75) is 13.0 Å². The summed E-state index contributed by atoms with van der Waals surface area (Å²) < 4.78 is 10.7. The van der Waals surface area contributed by atoms with Gasteiger partial charge in [0, 0.05) is 0 Å². The Hall–Kier alpha value is -2.00. The Morgan fingerprint density at radius 3 is 2.16 bits per heavy atom. The first-order valence-electron chi connectivity index (χ1n) is 6.26. The third-order valence-electron chi connectivity index (χ3n) is 2.90. The van der Waals surface area contributed by atoms with E-state index in [1.165, 1.54) is 0 Å². The number of aromatic hydroxyl groups is 1. The minimum absolute atomic E-state index is 0.294. The van der Waals surface area contributed by atoms with Gasteiger partial charge in [0.1, 0.15) is 11.5 Å². The van der Waals surface area contributed by atoms with Crippen LogP contribution in [-0.2, 0) is 17.8 Å². The summed E-state index contributed by atoms with van der Waals surface area (Å²) in [6.07, 6.45) is 0.844. The lowest BCUT2D eigenvalue weighted by Gasteiger charge is -2.06. The van der Waals surface area contributed by atoms with E-state index in [-0.39, 0.29) is 0 Å². The molecule has 0 saturated carbocycles. The summed E-state index contributed by atoms with van der Waals surface area (Å²) in [5.74, 6) is 1.15. The smallest absolute Gasteiger partial charge is 0.118 e. The zero-order valence-corrected chi connectivity index (χ0v) is 11.0. The molecule has 0 spiro atoms. The van der Waals surface area contributed by atoms with Gasteiger partial charge in [-0.3, -0.25) is 0 Å². The molecule has 100 valence electrons. The molecular weight excluding hydrogens is 240 g/mol. The van der Waals surface area contributed by atoms with Crippen molar-refractivity contribution < 1.29 is 14.6 Å². The van der Waals surface area contributed by atoms with Crippen LogP contribution in [0.2, 0.25) is 0 Å². The second-order valence-corrected chi connectivity index (χ2v) is 4.32. The molecule has 1 N–H and O–H groups in total. The Morgan fingerprint density at radius 1 is 0.895 bits per heavy atom. The number of phenolic OH excluding ortho intramolecular Hbond substituents is 1. The first kappa shape index (κ1) is 13.4. The largest absolute Gasteiger partial charge is 0.508 e. The van der Waals surface area contributed by atoms with E-state index in [0.29, 0.717) is 19.0 Å². The molecule has 0 unspecified atom stereocenters. The molecule has 2 aromatic carbocycles. The standard InChI is InChI=1S/C16H18O3/c1-18-16-8-4-14(5-9-16)12-19-11-10-13-2-6-15(17)7-3-13/h2-9,17H,10-12H2,1H3. The summed E-state index contributed by atoms with van der Waals surface area (Å²) >= 11 is 0. The van der Waals surface area contributed by atoms with Crippen LogP contribution >= 0.6 is 0 Å². The second kappa shape index (κ2) is 6.81. The second-order valence-electron chi connectivity index (χ2n) is 4.32. The van der Waals surface area contributed by atoms with Crippen LogP contribution in [-0.4, -0.2) is 18.8 Å². The van der Waals surface area contributed by atoms with Gasteiger partial charge in [0.05, 0.1) is 20.3 Å². The van der Waals surface area contributed by atoms with Gasteiger partial charge in [-0.2, -0.15) is 0 Å². The Balaban J connectivity index is 1.72. The SMILES string of the molecule is COc1ccc(COCCc2ccc(O)cc2)cc1. The minimum Gasteiger partial charge on any atom is -0.508 e. The summed E-state index contributed by atoms with van der Waals surface area (Å²) in [5, 5.41) is 9.18. The predicted molar refractivity (Wildman–Crippen MR) is 74.5 cm³/mol. The lowest BCUT2D eigenvalue weighted by molar-refractivity contribution is 0.124. The molecule has 0 amide bonds. The van der Waals surface area contributed by atoms with E-state index in [1.807, 2.05) is 36.4 Å². The summed E-state index contributed by atoms with van der Waals surface area (Å²) in [6, 6.07) is 15.1. The average molecular weight is 258 g/mol. The van der Waals surface area contributed by atoms with Gasteiger partial charge in [-0.25, -0.2) is 0 Å². The molecule has 0 heterocycles. The first-order chi connectivity index (χ1) is 9.28. The fraction of sp³-hybridized carbons (Fsp3) is 0.250. The van der Waals surface area contributed by atoms with Crippen molar-refractivity contribution in [3.63, 3.8) is 0 Å². The van der Waals surface area contributed by atoms with Gasteiger partial charge in [-0.05, 0) is 41.8 Å². The van der Waals surface area contributed by atoms with Gasteiger partial charge in [0.25, 0.3) is 0 Å². The maximum absolute atomic E-state index is 9.18. The topological polar surface area (TPSA) is 38.7 Å². The molecule has 0 atom stereocenters. The Kier molecular flexibility index (Phi) is 4.81. The molecule has 19 heavy (non-hydrogen) atoms. The molecule has 0 aromatic heterocycles. The van der Waals surface area contributed by atoms with E-state index in [1.54, 1.807) is 19.2 Å². The van der Waals surface area contributed by atoms with Gasteiger partial charge in [0.15, 0.2) is 0 Å². The summed E-state index contributed by atoms with van der Waals surface area (Å²) in [5.41, 5.74) is 2.29. The molecule has 0 bridgehead atoms. The van der Waals surface area contributed by atoms with E-state index < -0.39 is 0 Å². The lowest BCUT2D eigenvalue weighted by atomic mass is 10.1. The molecule has 0 aliphatic carbocycles. The molecule has 0 fully saturated rings. The van der Waals surface area contributed by atoms with Crippen molar-refractivity contribution in [1.82, 2.24) is 0 Å². The van der Waals surface area contributed by atoms with Crippen LogP contribution in [0.15, 0.2) is 48.5 Å². The van der Waals surface area contributed by atoms with E-state index >= 15 is 0 Å². The molecule has 2 rings (SSSR count). The van der Waals surface area contributed by atoms with Crippen molar-refractivity contribution in [2.24, 2.45) is 0 Å². The van der Waals surface area contributed by atoms with Crippen LogP contribution in [0.4, 0.5) is 0 Å². The highest BCUT2D eigenvalue weighted by Gasteiger charge is 1.97. The van der Waals surface area contributed by atoms with Crippen LogP contribution in [0, 0.1) is 0 Å². The molecule has 0 aliphatic rings. The highest BCUT2D eigenvalue weighted by Crippen LogP contribution is 2.13. The number of benzene rings is 2. The van der Waals surface area contributed by atoms with Crippen molar-refractivity contribution in [3.05, 3.63) is 59.7 Å². The summed E-state index contributed by atoms with van der Waals surface area (Å²) in [7, 11) is 1.66. The van der Waals surface area contributed by atoms with Crippen LogP contribution in [0.1, 0.15) is 11.1 Å². The zero-order valence-electron chi connectivity index (χ0n) is 11.0. The number of phenols is 1. The molecule has 2 aromatic rings. The Morgan fingerprint density at radius 2 is 1.53 bits per heavy atom. The van der Waals surface area contributed by atoms with Crippen LogP contribution < -0.4 is 4.74 Å². The Bertz CT molecular complexity index is 488. The maximum atomic E-state index is 9.18. The van der Waals surface area contributed by atoms with Gasteiger partial charge >= 0.3 is 0 Å². The molecule has 3 nitrogen and oxygen atoms in total. The fourth-order valence-electron chi connectivity index (χ4n) is 1.76. The van der Waals surface area contributed by atoms with E-state index in [0.717, 1.165) is 23.3 Å². The highest BCUT2D eigenvalue weighted by molar-refractivity contribution is 5.27.